The van der Waals surface area contributed by atoms with E-state index in [-0.39, 0.29) is 11.5 Å². The van der Waals surface area contributed by atoms with Crippen molar-refractivity contribution in [3.63, 3.8) is 0 Å². The number of rotatable bonds is 2. The highest BCUT2D eigenvalue weighted by atomic mass is 16.5. The van der Waals surface area contributed by atoms with Gasteiger partial charge in [-0.2, -0.15) is 0 Å². The number of carbonyl (C=O) groups is 1. The number of aromatic hydroxyl groups is 1. The molecule has 0 saturated heterocycles. The van der Waals surface area contributed by atoms with Crippen LogP contribution in [0.1, 0.15) is 36.0 Å². The predicted octanol–water partition coefficient (Wildman–Crippen LogP) is 3.44. The Bertz CT molecular complexity index is 767. The van der Waals surface area contributed by atoms with Crippen molar-refractivity contribution in [2.24, 2.45) is 0 Å². The molecule has 5 nitrogen and oxygen atoms in total. The largest absolute Gasteiger partial charge is 0.504 e. The Balaban J connectivity index is 1.96. The van der Waals surface area contributed by atoms with E-state index in [1.165, 1.54) is 7.11 Å². The van der Waals surface area contributed by atoms with E-state index in [9.17, 15) is 9.90 Å². The summed E-state index contributed by atoms with van der Waals surface area (Å²) >= 11 is 0. The summed E-state index contributed by atoms with van der Waals surface area (Å²) in [7, 11) is 1.49. The molecule has 0 atom stereocenters. The van der Waals surface area contributed by atoms with Gasteiger partial charge in [0.05, 0.1) is 24.7 Å². The Morgan fingerprint density at radius 3 is 2.74 bits per heavy atom. The van der Waals surface area contributed by atoms with E-state index < -0.39 is 5.54 Å². The summed E-state index contributed by atoms with van der Waals surface area (Å²) in [5.74, 6) is 0.494. The van der Waals surface area contributed by atoms with Crippen LogP contribution in [0, 0.1) is 0 Å². The summed E-state index contributed by atoms with van der Waals surface area (Å²) < 4.78 is 5.18. The fourth-order valence-corrected chi connectivity index (χ4v) is 3.95. The second-order valence-electron chi connectivity index (χ2n) is 6.16. The van der Waals surface area contributed by atoms with Crippen molar-refractivity contribution in [2.45, 2.75) is 31.2 Å². The Hall–Kier alpha value is -2.56. The molecule has 1 spiro atoms. The molecule has 2 aliphatic rings. The van der Waals surface area contributed by atoms with Crippen LogP contribution in [0.15, 0.2) is 36.7 Å². The first kappa shape index (κ1) is 14.1. The fourth-order valence-electron chi connectivity index (χ4n) is 3.95. The number of hydrogen-bond acceptors (Lipinski definition) is 5. The molecule has 0 bridgehead atoms. The minimum absolute atomic E-state index is 0.0444. The highest BCUT2D eigenvalue weighted by Crippen LogP contribution is 2.53. The van der Waals surface area contributed by atoms with Gasteiger partial charge in [-0.15, -0.1) is 0 Å². The van der Waals surface area contributed by atoms with Gasteiger partial charge in [-0.25, -0.2) is 0 Å². The third kappa shape index (κ3) is 1.86. The number of fused-ring (bicyclic) bond motifs is 1. The molecule has 4 rings (SSSR count). The molecule has 1 aliphatic heterocycles. The molecular formula is C18H18N2O3. The Morgan fingerprint density at radius 2 is 2.09 bits per heavy atom. The number of carbonyl (C=O) groups excluding carboxylic acids is 1. The van der Waals surface area contributed by atoms with Crippen LogP contribution in [-0.4, -0.2) is 28.5 Å². The second kappa shape index (κ2) is 4.98. The van der Waals surface area contributed by atoms with Crippen LogP contribution in [0.25, 0.3) is 0 Å². The lowest BCUT2D eigenvalue weighted by molar-refractivity contribution is 0.0909. The first-order valence-corrected chi connectivity index (χ1v) is 7.83. The van der Waals surface area contributed by atoms with Gasteiger partial charge in [-0.05, 0) is 31.0 Å². The molecule has 118 valence electrons. The monoisotopic (exact) mass is 310 g/mol. The standard InChI is InChI=1S/C18H18N2O3/c1-23-16-9-13-14(10-15(16)21)20(12-5-4-8-19-11-12)18(17(13)22)6-2-3-7-18/h4-5,8-11,21H,2-3,6-7H2,1H3. The molecule has 1 fully saturated rings. The topological polar surface area (TPSA) is 62.7 Å². The van der Waals surface area contributed by atoms with Gasteiger partial charge in [-0.1, -0.05) is 12.8 Å². The van der Waals surface area contributed by atoms with Crippen LogP contribution in [0.5, 0.6) is 11.5 Å². The number of ketones is 1. The van der Waals surface area contributed by atoms with Crippen LogP contribution in [0.3, 0.4) is 0 Å². The molecule has 23 heavy (non-hydrogen) atoms. The molecule has 0 radical (unpaired) electrons. The van der Waals surface area contributed by atoms with E-state index in [1.807, 2.05) is 12.1 Å². The van der Waals surface area contributed by atoms with Crippen molar-refractivity contribution >= 4 is 17.2 Å². The first-order chi connectivity index (χ1) is 11.2. The van der Waals surface area contributed by atoms with Crippen molar-refractivity contribution in [3.05, 3.63) is 42.2 Å². The Labute approximate surface area is 134 Å². The summed E-state index contributed by atoms with van der Waals surface area (Å²) in [4.78, 5) is 19.4. The van der Waals surface area contributed by atoms with E-state index in [2.05, 4.69) is 9.88 Å². The first-order valence-electron chi connectivity index (χ1n) is 7.83. The fraction of sp³-hybridized carbons (Fsp3) is 0.333. The van der Waals surface area contributed by atoms with Gasteiger partial charge in [0.25, 0.3) is 0 Å². The highest BCUT2D eigenvalue weighted by Gasteiger charge is 2.53. The minimum atomic E-state index is -0.551. The average Bonchev–Trinajstić information content (AvgIpc) is 3.14. The van der Waals surface area contributed by atoms with Gasteiger partial charge >= 0.3 is 0 Å². The average molecular weight is 310 g/mol. The van der Waals surface area contributed by atoms with E-state index >= 15 is 0 Å². The summed E-state index contributed by atoms with van der Waals surface area (Å²) in [6, 6.07) is 7.11. The maximum atomic E-state index is 13.2. The van der Waals surface area contributed by atoms with Crippen LogP contribution in [0.2, 0.25) is 0 Å². The number of phenolic OH excluding ortho intramolecular Hbond substituents is 1. The molecule has 0 amide bonds. The van der Waals surface area contributed by atoms with Gasteiger partial charge < -0.3 is 14.7 Å². The van der Waals surface area contributed by atoms with Crippen LogP contribution < -0.4 is 9.64 Å². The normalized spacial score (nSPS) is 18.5. The van der Waals surface area contributed by atoms with Gasteiger partial charge in [0, 0.05) is 17.8 Å². The lowest BCUT2D eigenvalue weighted by atomic mass is 9.90. The number of anilines is 2. The Morgan fingerprint density at radius 1 is 1.30 bits per heavy atom. The molecule has 2 heterocycles. The number of phenols is 1. The minimum Gasteiger partial charge on any atom is -0.504 e. The van der Waals surface area contributed by atoms with E-state index in [0.29, 0.717) is 11.3 Å². The number of aromatic nitrogens is 1. The molecule has 1 aromatic carbocycles. The molecule has 1 aromatic heterocycles. The molecule has 1 N–H and O–H groups in total. The van der Waals surface area contributed by atoms with Crippen LogP contribution in [-0.2, 0) is 0 Å². The summed E-state index contributed by atoms with van der Waals surface area (Å²) in [6.45, 7) is 0. The zero-order valence-corrected chi connectivity index (χ0v) is 13.0. The summed E-state index contributed by atoms with van der Waals surface area (Å²) in [5.41, 5.74) is 1.68. The van der Waals surface area contributed by atoms with E-state index in [4.69, 9.17) is 4.74 Å². The molecule has 1 saturated carbocycles. The third-order valence-corrected chi connectivity index (χ3v) is 4.97. The third-order valence-electron chi connectivity index (χ3n) is 4.97. The van der Waals surface area contributed by atoms with E-state index in [0.717, 1.165) is 37.1 Å². The molecule has 0 unspecified atom stereocenters. The number of ether oxygens (including phenoxy) is 1. The quantitative estimate of drug-likeness (QED) is 0.920. The molecule has 2 aromatic rings. The number of pyridine rings is 1. The molecule has 5 heteroatoms. The Kier molecular flexibility index (Phi) is 3.04. The number of benzene rings is 1. The van der Waals surface area contributed by atoms with Crippen molar-refractivity contribution in [3.8, 4) is 11.5 Å². The van der Waals surface area contributed by atoms with Crippen molar-refractivity contribution in [2.75, 3.05) is 12.0 Å². The van der Waals surface area contributed by atoms with Crippen LogP contribution in [0.4, 0.5) is 11.4 Å². The SMILES string of the molecule is COc1cc2c(cc1O)N(c1cccnc1)C1(CCCC1)C2=O. The lowest BCUT2D eigenvalue weighted by Crippen LogP contribution is -2.45. The number of Topliss-reactive ketones (excluding diaryl/α,β-unsaturated/α-hetero) is 1. The maximum Gasteiger partial charge on any atom is 0.190 e. The predicted molar refractivity (Wildman–Crippen MR) is 86.6 cm³/mol. The van der Waals surface area contributed by atoms with Crippen molar-refractivity contribution < 1.29 is 14.6 Å². The molecule has 1 aliphatic carbocycles. The smallest absolute Gasteiger partial charge is 0.190 e. The number of methoxy groups -OCH3 is 1. The van der Waals surface area contributed by atoms with Gasteiger partial charge in [0.2, 0.25) is 0 Å². The summed E-state index contributed by atoms with van der Waals surface area (Å²) in [6.07, 6.45) is 7.18. The summed E-state index contributed by atoms with van der Waals surface area (Å²) in [5, 5.41) is 10.2. The van der Waals surface area contributed by atoms with Crippen molar-refractivity contribution in [1.82, 2.24) is 4.98 Å². The maximum absolute atomic E-state index is 13.2. The van der Waals surface area contributed by atoms with Crippen molar-refractivity contribution in [1.29, 1.82) is 0 Å². The molecular weight excluding hydrogens is 292 g/mol. The lowest BCUT2D eigenvalue weighted by Gasteiger charge is -2.35. The second-order valence-corrected chi connectivity index (χ2v) is 6.16. The zero-order chi connectivity index (χ0) is 16.0. The number of hydrogen-bond donors (Lipinski definition) is 1. The number of nitrogens with zero attached hydrogens (tertiary/aromatic N) is 2. The van der Waals surface area contributed by atoms with Gasteiger partial charge in [0.1, 0.15) is 5.54 Å². The van der Waals surface area contributed by atoms with Gasteiger partial charge in [-0.3, -0.25) is 9.78 Å². The highest BCUT2D eigenvalue weighted by molar-refractivity contribution is 6.16. The van der Waals surface area contributed by atoms with E-state index in [1.54, 1.807) is 24.5 Å². The zero-order valence-electron chi connectivity index (χ0n) is 13.0. The van der Waals surface area contributed by atoms with Gasteiger partial charge in [0.15, 0.2) is 17.3 Å². The van der Waals surface area contributed by atoms with Crippen LogP contribution >= 0.6 is 0 Å².